The maximum atomic E-state index is 11.7. The summed E-state index contributed by atoms with van der Waals surface area (Å²) in [5, 5.41) is 4.71. The lowest BCUT2D eigenvalue weighted by Gasteiger charge is -2.16. The van der Waals surface area contributed by atoms with Crippen LogP contribution in [-0.2, 0) is 14.2 Å². The van der Waals surface area contributed by atoms with Crippen LogP contribution in [0.4, 0.5) is 9.59 Å². The average Bonchev–Trinajstić information content (AvgIpc) is 2.80. The maximum Gasteiger partial charge on any atom is 0.415 e. The minimum atomic E-state index is -0.795. The van der Waals surface area contributed by atoms with Crippen LogP contribution in [0.2, 0.25) is 0 Å². The van der Waals surface area contributed by atoms with E-state index in [1.54, 1.807) is 7.11 Å². The zero-order valence-corrected chi connectivity index (χ0v) is 23.7. The van der Waals surface area contributed by atoms with Crippen molar-refractivity contribution in [3.8, 4) is 0 Å². The number of nitrogens with zero attached hydrogens (tertiary/aromatic N) is 1. The van der Waals surface area contributed by atoms with E-state index >= 15 is 0 Å². The number of methoxy groups -OCH3 is 1. The molecule has 2 N–H and O–H groups in total. The van der Waals surface area contributed by atoms with Gasteiger partial charge in [-0.25, -0.2) is 14.9 Å². The molecule has 3 amide bonds. The summed E-state index contributed by atoms with van der Waals surface area (Å²) in [4.78, 5) is 25.2. The molecule has 0 aliphatic rings. The van der Waals surface area contributed by atoms with Crippen molar-refractivity contribution in [3.63, 3.8) is 0 Å². The predicted molar refractivity (Wildman–Crippen MR) is 146 cm³/mol. The Kier molecular flexibility index (Phi) is 28.3. The van der Waals surface area contributed by atoms with Crippen LogP contribution in [0.3, 0.4) is 0 Å². The first kappa shape index (κ1) is 36.1. The molecule has 0 aliphatic carbocycles. The fourth-order valence-corrected chi connectivity index (χ4v) is 3.53. The minimum absolute atomic E-state index is 0. The summed E-state index contributed by atoms with van der Waals surface area (Å²) in [6.07, 6.45) is 17.5. The summed E-state index contributed by atoms with van der Waals surface area (Å²) in [7, 11) is 5.36. The van der Waals surface area contributed by atoms with Gasteiger partial charge in [-0.05, 0) is 20.5 Å². The SMILES string of the molecule is CCCCCCCCCCCCCCCCOCC(COC(=O)NC(=O)NCCN(C)C)OC.Cl. The Bertz CT molecular complexity index is 484. The molecule has 0 saturated heterocycles. The van der Waals surface area contributed by atoms with E-state index in [4.69, 9.17) is 14.2 Å². The quantitative estimate of drug-likeness (QED) is 0.162. The fraction of sp³-hybridized carbons (Fsp3) is 0.923. The number of amides is 3. The Hall–Kier alpha value is -1.09. The summed E-state index contributed by atoms with van der Waals surface area (Å²) >= 11 is 0. The van der Waals surface area contributed by atoms with Gasteiger partial charge in [0.2, 0.25) is 0 Å². The standard InChI is InChI=1S/C26H53N3O5.ClH/c1-5-6-7-8-9-10-11-12-13-14-15-16-17-18-21-33-22-24(32-4)23-34-26(31)28-25(30)27-19-20-29(2)3;/h24H,5-23H2,1-4H3,(H2,27,28,30,31);1H. The summed E-state index contributed by atoms with van der Waals surface area (Å²) in [6, 6.07) is -0.574. The summed E-state index contributed by atoms with van der Waals surface area (Å²) < 4.78 is 16.0. The molecule has 9 heteroatoms. The molecule has 0 radical (unpaired) electrons. The third-order valence-electron chi connectivity index (χ3n) is 5.74. The lowest BCUT2D eigenvalue weighted by Crippen LogP contribution is -2.42. The van der Waals surface area contributed by atoms with Crippen LogP contribution in [0, 0.1) is 0 Å². The van der Waals surface area contributed by atoms with E-state index in [-0.39, 0.29) is 25.1 Å². The highest BCUT2D eigenvalue weighted by atomic mass is 35.5. The highest BCUT2D eigenvalue weighted by Crippen LogP contribution is 2.13. The van der Waals surface area contributed by atoms with E-state index in [2.05, 4.69) is 17.6 Å². The number of hydrogen-bond donors (Lipinski definition) is 2. The first-order chi connectivity index (χ1) is 16.5. The molecule has 210 valence electrons. The molecule has 0 heterocycles. The Morgan fingerprint density at radius 3 is 1.80 bits per heavy atom. The Balaban J connectivity index is 0. The van der Waals surface area contributed by atoms with Gasteiger partial charge in [0, 0.05) is 26.8 Å². The van der Waals surface area contributed by atoms with E-state index in [1.165, 1.54) is 83.5 Å². The number of carbonyl (C=O) groups excluding carboxylic acids is 2. The molecule has 8 nitrogen and oxygen atoms in total. The zero-order valence-electron chi connectivity index (χ0n) is 22.9. The molecule has 1 atom stereocenters. The summed E-state index contributed by atoms with van der Waals surface area (Å²) in [5.41, 5.74) is 0. The summed E-state index contributed by atoms with van der Waals surface area (Å²) in [6.45, 7) is 4.47. The number of alkyl carbamates (subject to hydrolysis) is 1. The van der Waals surface area contributed by atoms with Crippen molar-refractivity contribution in [2.75, 3.05) is 54.1 Å². The second-order valence-electron chi connectivity index (χ2n) is 9.31. The number of nitrogens with one attached hydrogen (secondary N) is 2. The molecular weight excluding hydrogens is 470 g/mol. The molecule has 1 unspecified atom stereocenters. The van der Waals surface area contributed by atoms with E-state index in [9.17, 15) is 9.59 Å². The maximum absolute atomic E-state index is 11.7. The topological polar surface area (TPSA) is 89.1 Å². The van der Waals surface area contributed by atoms with Gasteiger partial charge in [0.25, 0.3) is 0 Å². The second kappa shape index (κ2) is 27.5. The molecule has 0 aromatic rings. The number of unbranched alkanes of at least 4 members (excludes halogenated alkanes) is 13. The Morgan fingerprint density at radius 2 is 1.31 bits per heavy atom. The molecule has 0 rings (SSSR count). The van der Waals surface area contributed by atoms with Gasteiger partial charge in [0.15, 0.2) is 0 Å². The number of halogens is 1. The first-order valence-corrected chi connectivity index (χ1v) is 13.5. The highest BCUT2D eigenvalue weighted by Gasteiger charge is 2.13. The van der Waals surface area contributed by atoms with E-state index in [0.717, 1.165) is 6.42 Å². The number of urea groups is 1. The van der Waals surface area contributed by atoms with Crippen molar-refractivity contribution < 1.29 is 23.8 Å². The molecule has 0 aromatic carbocycles. The molecule has 0 fully saturated rings. The second-order valence-corrected chi connectivity index (χ2v) is 9.31. The molecule has 0 saturated carbocycles. The lowest BCUT2D eigenvalue weighted by atomic mass is 10.0. The van der Waals surface area contributed by atoms with Crippen LogP contribution in [0.1, 0.15) is 96.8 Å². The van der Waals surface area contributed by atoms with E-state index in [0.29, 0.717) is 26.3 Å². The number of ether oxygens (including phenoxy) is 3. The first-order valence-electron chi connectivity index (χ1n) is 13.5. The monoisotopic (exact) mass is 523 g/mol. The zero-order chi connectivity index (χ0) is 25.3. The van der Waals surface area contributed by atoms with Gasteiger partial charge in [0.05, 0.1) is 6.61 Å². The van der Waals surface area contributed by atoms with Crippen LogP contribution in [0.15, 0.2) is 0 Å². The number of rotatable bonds is 23. The molecule has 0 aliphatic heterocycles. The normalized spacial score (nSPS) is 11.7. The summed E-state index contributed by atoms with van der Waals surface area (Å²) in [5.74, 6) is 0. The smallest absolute Gasteiger partial charge is 0.415 e. The number of carbonyl (C=O) groups is 2. The van der Waals surface area contributed by atoms with E-state index < -0.39 is 12.1 Å². The van der Waals surface area contributed by atoms with Crippen LogP contribution in [0.5, 0.6) is 0 Å². The average molecular weight is 524 g/mol. The lowest BCUT2D eigenvalue weighted by molar-refractivity contribution is -0.0244. The van der Waals surface area contributed by atoms with Crippen molar-refractivity contribution in [1.82, 2.24) is 15.5 Å². The highest BCUT2D eigenvalue weighted by molar-refractivity contribution is 5.90. The van der Waals surface area contributed by atoms with Gasteiger partial charge in [-0.15, -0.1) is 12.4 Å². The Labute approximate surface area is 221 Å². The third kappa shape index (κ3) is 27.3. The fourth-order valence-electron chi connectivity index (χ4n) is 3.53. The van der Waals surface area contributed by atoms with Gasteiger partial charge in [-0.3, -0.25) is 0 Å². The van der Waals surface area contributed by atoms with E-state index in [1.807, 2.05) is 19.0 Å². The molecule has 0 aromatic heterocycles. The van der Waals surface area contributed by atoms with Crippen molar-refractivity contribution in [2.24, 2.45) is 0 Å². The van der Waals surface area contributed by atoms with Gasteiger partial charge in [-0.2, -0.15) is 0 Å². The molecule has 35 heavy (non-hydrogen) atoms. The van der Waals surface area contributed by atoms with Crippen LogP contribution >= 0.6 is 12.4 Å². The largest absolute Gasteiger partial charge is 0.446 e. The predicted octanol–water partition coefficient (Wildman–Crippen LogP) is 5.92. The molecular formula is C26H54ClN3O5. The third-order valence-corrected chi connectivity index (χ3v) is 5.74. The van der Waals surface area contributed by atoms with Crippen molar-refractivity contribution >= 4 is 24.5 Å². The number of likely N-dealkylation sites (N-methyl/N-ethyl adjacent to an activating group) is 1. The van der Waals surface area contributed by atoms with Crippen molar-refractivity contribution in [3.05, 3.63) is 0 Å². The Morgan fingerprint density at radius 1 is 0.800 bits per heavy atom. The van der Waals surface area contributed by atoms with Crippen molar-refractivity contribution in [1.29, 1.82) is 0 Å². The number of hydrogen-bond acceptors (Lipinski definition) is 6. The van der Waals surface area contributed by atoms with Crippen LogP contribution in [-0.4, -0.2) is 77.2 Å². The van der Waals surface area contributed by atoms with Gasteiger partial charge in [0.1, 0.15) is 12.7 Å². The van der Waals surface area contributed by atoms with Gasteiger partial charge >= 0.3 is 12.1 Å². The van der Waals surface area contributed by atoms with Gasteiger partial charge in [-0.1, -0.05) is 90.4 Å². The molecule has 0 spiro atoms. The number of imide groups is 1. The van der Waals surface area contributed by atoms with Crippen LogP contribution in [0.25, 0.3) is 0 Å². The van der Waals surface area contributed by atoms with Crippen LogP contribution < -0.4 is 10.6 Å². The minimum Gasteiger partial charge on any atom is -0.446 e. The van der Waals surface area contributed by atoms with Crippen molar-refractivity contribution in [2.45, 2.75) is 103 Å². The molecule has 0 bridgehead atoms. The van der Waals surface area contributed by atoms with Gasteiger partial charge < -0.3 is 24.4 Å².